The SMILES string of the molecule is CC(P(=O)(O[Si](C)(C)C)O[Si](C)(C)C)P(=O)(O[Si](C)(C)C)O[Si](C)(C)C. The molecule has 0 aliphatic heterocycles. The van der Waals surface area contributed by atoms with Crippen LogP contribution < -0.4 is 0 Å². The molecular weight excluding hydrogens is 438 g/mol. The van der Waals surface area contributed by atoms with E-state index in [4.69, 9.17) is 16.9 Å². The fourth-order valence-corrected chi connectivity index (χ4v) is 20.7. The summed E-state index contributed by atoms with van der Waals surface area (Å²) in [6.07, 6.45) is 0. The van der Waals surface area contributed by atoms with Gasteiger partial charge in [-0.1, -0.05) is 0 Å². The Balaban J connectivity index is 6.23. The quantitative estimate of drug-likeness (QED) is 0.246. The summed E-state index contributed by atoms with van der Waals surface area (Å²) in [7, 11) is -16.3. The normalized spacial score (nSPS) is 15.6. The maximum Gasteiger partial charge on any atom is 0.326 e. The van der Waals surface area contributed by atoms with Gasteiger partial charge >= 0.3 is 15.2 Å². The van der Waals surface area contributed by atoms with Gasteiger partial charge in [-0.15, -0.1) is 0 Å². The molecule has 0 rings (SSSR count). The highest BCUT2D eigenvalue weighted by Gasteiger charge is 2.53. The van der Waals surface area contributed by atoms with Gasteiger partial charge in [-0.3, -0.25) is 9.13 Å². The van der Waals surface area contributed by atoms with Crippen molar-refractivity contribution in [2.24, 2.45) is 0 Å². The lowest BCUT2D eigenvalue weighted by atomic mass is 11.0. The molecule has 158 valence electrons. The first kappa shape index (κ1) is 27.2. The summed E-state index contributed by atoms with van der Waals surface area (Å²) >= 11 is 0. The van der Waals surface area contributed by atoms with Crippen molar-refractivity contribution in [1.29, 1.82) is 0 Å². The molecule has 0 heterocycles. The Bertz CT molecular complexity index is 482. The van der Waals surface area contributed by atoms with Crippen molar-refractivity contribution in [2.45, 2.75) is 90.9 Å². The van der Waals surface area contributed by atoms with Gasteiger partial charge in [0.05, 0.1) is 0 Å². The van der Waals surface area contributed by atoms with Crippen LogP contribution in [0.1, 0.15) is 6.92 Å². The van der Waals surface area contributed by atoms with Crippen LogP contribution in [0.2, 0.25) is 78.6 Å². The summed E-state index contributed by atoms with van der Waals surface area (Å²) in [4.78, 5) is 0. The first-order valence-corrected chi connectivity index (χ1v) is 25.9. The number of rotatable bonds is 10. The van der Waals surface area contributed by atoms with E-state index in [-0.39, 0.29) is 0 Å². The smallest absolute Gasteiger partial charge is 0.326 e. The summed E-state index contributed by atoms with van der Waals surface area (Å²) in [6, 6.07) is 0. The lowest BCUT2D eigenvalue weighted by Crippen LogP contribution is -2.36. The molecule has 6 nitrogen and oxygen atoms in total. The Kier molecular flexibility index (Phi) is 8.88. The van der Waals surface area contributed by atoms with Crippen LogP contribution in [0.5, 0.6) is 0 Å². The highest BCUT2D eigenvalue weighted by Crippen LogP contribution is 2.73. The predicted molar refractivity (Wildman–Crippen MR) is 122 cm³/mol. The minimum absolute atomic E-state index is 0.952. The molecule has 0 aromatic rings. The van der Waals surface area contributed by atoms with Crippen LogP contribution in [0.15, 0.2) is 0 Å². The Morgan fingerprint density at radius 1 is 0.500 bits per heavy atom. The van der Waals surface area contributed by atoms with Gasteiger partial charge in [0.25, 0.3) is 0 Å². The Morgan fingerprint density at radius 3 is 0.769 bits per heavy atom. The molecule has 0 aliphatic rings. The molecule has 0 aromatic heterocycles. The van der Waals surface area contributed by atoms with Gasteiger partial charge in [0.15, 0.2) is 38.7 Å². The van der Waals surface area contributed by atoms with E-state index in [1.165, 1.54) is 0 Å². The van der Waals surface area contributed by atoms with E-state index >= 15 is 0 Å². The van der Waals surface area contributed by atoms with Gasteiger partial charge in [0.2, 0.25) is 0 Å². The number of hydrogen-bond acceptors (Lipinski definition) is 6. The average Bonchev–Trinajstić information content (AvgIpc) is 2.16. The van der Waals surface area contributed by atoms with E-state index in [0.717, 1.165) is 0 Å². The Morgan fingerprint density at radius 2 is 0.654 bits per heavy atom. The summed E-state index contributed by atoms with van der Waals surface area (Å²) in [5.74, 6) is 0. The van der Waals surface area contributed by atoms with Crippen molar-refractivity contribution < 1.29 is 26.0 Å². The molecule has 0 bridgehead atoms. The summed E-state index contributed by atoms with van der Waals surface area (Å²) in [6.45, 7) is 25.0. The molecule has 12 heteroatoms. The van der Waals surface area contributed by atoms with Crippen molar-refractivity contribution in [3.63, 3.8) is 0 Å². The standard InChI is InChI=1S/C14H40O6P2Si4/c1-14(21(15,17-23(2,3)4)18-24(5,6)7)22(16,19-25(8,9)10)20-26(11,12)13/h14H,1-13H3. The molecule has 0 saturated heterocycles. The maximum absolute atomic E-state index is 13.9. The average molecular weight is 479 g/mol. The van der Waals surface area contributed by atoms with Crippen molar-refractivity contribution in [3.8, 4) is 0 Å². The Labute approximate surface area is 165 Å². The molecule has 0 aromatic carbocycles. The molecule has 0 fully saturated rings. The monoisotopic (exact) mass is 478 g/mol. The van der Waals surface area contributed by atoms with Crippen LogP contribution in [0.25, 0.3) is 0 Å². The van der Waals surface area contributed by atoms with Crippen LogP contribution in [0.3, 0.4) is 0 Å². The summed E-state index contributed by atoms with van der Waals surface area (Å²) in [5.41, 5.74) is 0. The van der Waals surface area contributed by atoms with Crippen LogP contribution in [0, 0.1) is 0 Å². The highest BCUT2D eigenvalue weighted by molar-refractivity contribution is 7.75. The van der Waals surface area contributed by atoms with Gasteiger partial charge in [-0.05, 0) is 85.5 Å². The van der Waals surface area contributed by atoms with E-state index in [1.807, 2.05) is 78.6 Å². The molecule has 0 atom stereocenters. The van der Waals surface area contributed by atoms with Gasteiger partial charge < -0.3 is 16.9 Å². The molecule has 0 N–H and O–H groups in total. The molecule has 0 saturated carbocycles. The zero-order valence-corrected chi connectivity index (χ0v) is 24.7. The van der Waals surface area contributed by atoms with Crippen molar-refractivity contribution in [3.05, 3.63) is 0 Å². The fraction of sp³-hybridized carbons (Fsp3) is 1.00. The third kappa shape index (κ3) is 10.6. The Hall–Kier alpha value is 1.17. The molecule has 26 heavy (non-hydrogen) atoms. The van der Waals surface area contributed by atoms with Crippen molar-refractivity contribution in [2.75, 3.05) is 0 Å². The molecule has 0 aliphatic carbocycles. The third-order valence-electron chi connectivity index (χ3n) is 2.52. The van der Waals surface area contributed by atoms with Crippen LogP contribution in [0.4, 0.5) is 0 Å². The van der Waals surface area contributed by atoms with Gasteiger partial charge in [0, 0.05) is 0 Å². The molecule has 0 spiro atoms. The van der Waals surface area contributed by atoms with Crippen LogP contribution in [-0.2, 0) is 26.0 Å². The van der Waals surface area contributed by atoms with E-state index < -0.39 is 53.9 Å². The second kappa shape index (κ2) is 8.50. The molecular formula is C14H40O6P2Si4. The predicted octanol–water partition coefficient (Wildman–Crippen LogP) is 7.12. The first-order valence-electron chi connectivity index (χ1n) is 9.01. The molecule has 0 radical (unpaired) electrons. The topological polar surface area (TPSA) is 71.1 Å². The van der Waals surface area contributed by atoms with E-state index in [9.17, 15) is 9.13 Å². The van der Waals surface area contributed by atoms with Crippen LogP contribution in [-0.4, -0.2) is 38.7 Å². The summed E-state index contributed by atoms with van der Waals surface area (Å²) in [5, 5.41) is -0.952. The zero-order valence-electron chi connectivity index (χ0n) is 18.9. The highest BCUT2D eigenvalue weighted by atomic mass is 31.2. The second-order valence-corrected chi connectivity index (χ2v) is 34.5. The minimum Gasteiger partial charge on any atom is -0.351 e. The maximum atomic E-state index is 13.9. The lowest BCUT2D eigenvalue weighted by molar-refractivity contribution is 0.353. The lowest BCUT2D eigenvalue weighted by Gasteiger charge is -2.40. The second-order valence-electron chi connectivity index (χ2n) is 10.5. The van der Waals surface area contributed by atoms with Gasteiger partial charge in [0.1, 0.15) is 0 Å². The van der Waals surface area contributed by atoms with Crippen molar-refractivity contribution in [1.82, 2.24) is 0 Å². The fourth-order valence-electron chi connectivity index (χ4n) is 2.04. The van der Waals surface area contributed by atoms with Crippen LogP contribution >= 0.6 is 15.2 Å². The third-order valence-corrected chi connectivity index (χ3v) is 18.9. The van der Waals surface area contributed by atoms with Gasteiger partial charge in [-0.25, -0.2) is 0 Å². The largest absolute Gasteiger partial charge is 0.351 e. The minimum atomic E-state index is -3.69. The summed E-state index contributed by atoms with van der Waals surface area (Å²) < 4.78 is 51.9. The molecule has 0 unspecified atom stereocenters. The van der Waals surface area contributed by atoms with E-state index in [1.54, 1.807) is 6.92 Å². The zero-order chi connectivity index (χ0) is 21.4. The van der Waals surface area contributed by atoms with Gasteiger partial charge in [-0.2, -0.15) is 0 Å². The first-order chi connectivity index (χ1) is 11.0. The number of hydrogen-bond donors (Lipinski definition) is 0. The molecule has 0 amide bonds. The van der Waals surface area contributed by atoms with E-state index in [2.05, 4.69) is 0 Å². The van der Waals surface area contributed by atoms with E-state index in [0.29, 0.717) is 0 Å². The van der Waals surface area contributed by atoms with Crippen molar-refractivity contribution >= 4 is 48.5 Å².